The summed E-state index contributed by atoms with van der Waals surface area (Å²) in [6, 6.07) is 10.3. The van der Waals surface area contributed by atoms with Gasteiger partial charge in [-0.05, 0) is 31.5 Å². The fourth-order valence-electron chi connectivity index (χ4n) is 1.47. The van der Waals surface area contributed by atoms with Crippen LogP contribution >= 0.6 is 0 Å². The summed E-state index contributed by atoms with van der Waals surface area (Å²) in [6.07, 6.45) is 0. The summed E-state index contributed by atoms with van der Waals surface area (Å²) >= 11 is 0. The number of pyridine rings is 1. The highest BCUT2D eigenvalue weighted by Gasteiger charge is 2.03. The minimum Gasteiger partial charge on any atom is -0.439 e. The molecule has 3 heteroatoms. The molecule has 0 amide bonds. The zero-order valence-electron chi connectivity index (χ0n) is 9.20. The summed E-state index contributed by atoms with van der Waals surface area (Å²) in [4.78, 5) is 3.64. The molecule has 0 atom stereocenters. The molecule has 0 fully saturated rings. The number of hydrogen-bond acceptors (Lipinski definition) is 2. The Balaban J connectivity index is 2.27. The van der Waals surface area contributed by atoms with Gasteiger partial charge in [0.25, 0.3) is 0 Å². The summed E-state index contributed by atoms with van der Waals surface area (Å²) in [5.41, 5.74) is 2.17. The lowest BCUT2D eigenvalue weighted by Gasteiger charge is -2.08. The van der Waals surface area contributed by atoms with Crippen molar-refractivity contribution in [2.24, 2.45) is 0 Å². The molecule has 2 aromatic rings. The monoisotopic (exact) mass is 217 g/mol. The lowest BCUT2D eigenvalue weighted by Crippen LogP contribution is -1.92. The Morgan fingerprint density at radius 3 is 2.62 bits per heavy atom. The van der Waals surface area contributed by atoms with E-state index in [1.165, 1.54) is 6.07 Å². The SMILES string of the molecule is Cc1ccc(Oc2cccc(F)n2)c(C)c1. The number of benzene rings is 1. The number of aromatic nitrogens is 1. The summed E-state index contributed by atoms with van der Waals surface area (Å²) < 4.78 is 18.3. The molecule has 0 aliphatic heterocycles. The summed E-state index contributed by atoms with van der Waals surface area (Å²) in [5, 5.41) is 0. The molecule has 0 spiro atoms. The molecule has 82 valence electrons. The second-order valence-corrected chi connectivity index (χ2v) is 3.67. The van der Waals surface area contributed by atoms with Crippen LogP contribution in [0.4, 0.5) is 4.39 Å². The summed E-state index contributed by atoms with van der Waals surface area (Å²) in [5.74, 6) is 0.429. The molecule has 1 aromatic heterocycles. The first-order valence-electron chi connectivity index (χ1n) is 5.03. The predicted octanol–water partition coefficient (Wildman–Crippen LogP) is 3.63. The van der Waals surface area contributed by atoms with Gasteiger partial charge in [0.15, 0.2) is 0 Å². The van der Waals surface area contributed by atoms with Crippen molar-refractivity contribution in [1.29, 1.82) is 0 Å². The molecular weight excluding hydrogens is 205 g/mol. The van der Waals surface area contributed by atoms with Crippen molar-refractivity contribution < 1.29 is 9.13 Å². The Kier molecular flexibility index (Phi) is 2.86. The first-order chi connectivity index (χ1) is 7.65. The standard InChI is InChI=1S/C13H12FNO/c1-9-6-7-11(10(2)8-9)16-13-5-3-4-12(14)15-13/h3-8H,1-2H3. The first kappa shape index (κ1) is 10.6. The van der Waals surface area contributed by atoms with E-state index in [1.807, 2.05) is 32.0 Å². The van der Waals surface area contributed by atoms with Crippen molar-refractivity contribution in [2.75, 3.05) is 0 Å². The van der Waals surface area contributed by atoms with Gasteiger partial charge in [-0.25, -0.2) is 0 Å². The molecule has 0 saturated heterocycles. The van der Waals surface area contributed by atoms with Crippen LogP contribution in [0, 0.1) is 19.8 Å². The van der Waals surface area contributed by atoms with Gasteiger partial charge in [-0.1, -0.05) is 23.8 Å². The van der Waals surface area contributed by atoms with Crippen molar-refractivity contribution in [3.63, 3.8) is 0 Å². The second-order valence-electron chi connectivity index (χ2n) is 3.67. The van der Waals surface area contributed by atoms with E-state index in [4.69, 9.17) is 4.74 Å². The van der Waals surface area contributed by atoms with Gasteiger partial charge in [0.05, 0.1) is 0 Å². The maximum atomic E-state index is 12.8. The largest absolute Gasteiger partial charge is 0.439 e. The fraction of sp³-hybridized carbons (Fsp3) is 0.154. The lowest BCUT2D eigenvalue weighted by atomic mass is 10.1. The maximum Gasteiger partial charge on any atom is 0.221 e. The van der Waals surface area contributed by atoms with E-state index >= 15 is 0 Å². The predicted molar refractivity (Wildman–Crippen MR) is 60.2 cm³/mol. The third kappa shape index (κ3) is 2.37. The molecular formula is C13H12FNO. The van der Waals surface area contributed by atoms with Crippen molar-refractivity contribution in [3.05, 3.63) is 53.5 Å². The second kappa shape index (κ2) is 4.31. The van der Waals surface area contributed by atoms with Gasteiger partial charge in [-0.2, -0.15) is 9.37 Å². The number of rotatable bonds is 2. The van der Waals surface area contributed by atoms with Crippen molar-refractivity contribution in [2.45, 2.75) is 13.8 Å². The number of nitrogens with zero attached hydrogens (tertiary/aromatic N) is 1. The molecule has 16 heavy (non-hydrogen) atoms. The van der Waals surface area contributed by atoms with Crippen LogP contribution in [0.5, 0.6) is 11.6 Å². The van der Waals surface area contributed by atoms with E-state index < -0.39 is 5.95 Å². The van der Waals surface area contributed by atoms with Gasteiger partial charge in [0, 0.05) is 6.07 Å². The molecule has 0 bridgehead atoms. The fourth-order valence-corrected chi connectivity index (χ4v) is 1.47. The van der Waals surface area contributed by atoms with E-state index in [0.717, 1.165) is 11.1 Å². The zero-order valence-corrected chi connectivity index (χ0v) is 9.20. The normalized spacial score (nSPS) is 10.2. The van der Waals surface area contributed by atoms with E-state index in [2.05, 4.69) is 4.98 Å². The van der Waals surface area contributed by atoms with Crippen molar-refractivity contribution >= 4 is 0 Å². The molecule has 0 aliphatic carbocycles. The third-order valence-corrected chi connectivity index (χ3v) is 2.23. The van der Waals surface area contributed by atoms with Crippen LogP contribution in [-0.4, -0.2) is 4.98 Å². The Bertz CT molecular complexity index is 511. The molecule has 1 aromatic carbocycles. The van der Waals surface area contributed by atoms with Crippen molar-refractivity contribution in [3.8, 4) is 11.6 Å². The van der Waals surface area contributed by atoms with Crippen LogP contribution in [0.25, 0.3) is 0 Å². The van der Waals surface area contributed by atoms with Crippen molar-refractivity contribution in [1.82, 2.24) is 4.98 Å². The van der Waals surface area contributed by atoms with E-state index in [1.54, 1.807) is 12.1 Å². The molecule has 2 rings (SSSR count). The van der Waals surface area contributed by atoms with Crippen LogP contribution in [0.1, 0.15) is 11.1 Å². The van der Waals surface area contributed by atoms with Crippen LogP contribution in [0.15, 0.2) is 36.4 Å². The topological polar surface area (TPSA) is 22.1 Å². The average molecular weight is 217 g/mol. The highest BCUT2D eigenvalue weighted by molar-refractivity contribution is 5.37. The Morgan fingerprint density at radius 1 is 1.12 bits per heavy atom. The Morgan fingerprint density at radius 2 is 1.94 bits per heavy atom. The number of hydrogen-bond donors (Lipinski definition) is 0. The van der Waals surface area contributed by atoms with Gasteiger partial charge in [0.1, 0.15) is 5.75 Å². The summed E-state index contributed by atoms with van der Waals surface area (Å²) in [7, 11) is 0. The number of ether oxygens (including phenoxy) is 1. The zero-order chi connectivity index (χ0) is 11.5. The molecule has 1 heterocycles. The van der Waals surface area contributed by atoms with Crippen LogP contribution in [0.2, 0.25) is 0 Å². The van der Waals surface area contributed by atoms with E-state index in [-0.39, 0.29) is 5.88 Å². The van der Waals surface area contributed by atoms with E-state index in [0.29, 0.717) is 5.75 Å². The third-order valence-electron chi connectivity index (χ3n) is 2.23. The smallest absolute Gasteiger partial charge is 0.221 e. The molecule has 0 aliphatic rings. The highest BCUT2D eigenvalue weighted by Crippen LogP contribution is 2.24. The lowest BCUT2D eigenvalue weighted by molar-refractivity contribution is 0.442. The number of aryl methyl sites for hydroxylation is 2. The van der Waals surface area contributed by atoms with Gasteiger partial charge >= 0.3 is 0 Å². The van der Waals surface area contributed by atoms with Crippen LogP contribution in [0.3, 0.4) is 0 Å². The minimum absolute atomic E-state index is 0.270. The van der Waals surface area contributed by atoms with Gasteiger partial charge in [-0.3, -0.25) is 0 Å². The maximum absolute atomic E-state index is 12.8. The van der Waals surface area contributed by atoms with Gasteiger partial charge < -0.3 is 4.74 Å². The van der Waals surface area contributed by atoms with Crippen LogP contribution in [-0.2, 0) is 0 Å². The summed E-state index contributed by atoms with van der Waals surface area (Å²) in [6.45, 7) is 3.96. The molecule has 0 radical (unpaired) electrons. The van der Waals surface area contributed by atoms with E-state index in [9.17, 15) is 4.39 Å². The van der Waals surface area contributed by atoms with Gasteiger partial charge in [-0.15, -0.1) is 0 Å². The Hall–Kier alpha value is -1.90. The van der Waals surface area contributed by atoms with Gasteiger partial charge in [0.2, 0.25) is 11.8 Å². The molecule has 0 saturated carbocycles. The molecule has 2 nitrogen and oxygen atoms in total. The molecule has 0 unspecified atom stereocenters. The minimum atomic E-state index is -0.540. The Labute approximate surface area is 93.7 Å². The first-order valence-corrected chi connectivity index (χ1v) is 5.03. The number of halogens is 1. The molecule has 0 N–H and O–H groups in total. The van der Waals surface area contributed by atoms with Crippen LogP contribution < -0.4 is 4.74 Å². The average Bonchev–Trinajstić information content (AvgIpc) is 2.22. The highest BCUT2D eigenvalue weighted by atomic mass is 19.1. The quantitative estimate of drug-likeness (QED) is 0.716.